The molecule has 0 bridgehead atoms. The van der Waals surface area contributed by atoms with Crippen molar-refractivity contribution < 1.29 is 0 Å². The summed E-state index contributed by atoms with van der Waals surface area (Å²) in [7, 11) is 0. The maximum Gasteiger partial charge on any atom is 0.0991 e. The van der Waals surface area contributed by atoms with E-state index in [0.717, 1.165) is 18.0 Å². The largest absolute Gasteiger partial charge is 0.368 e. The molecule has 5 rings (SSSR count). The summed E-state index contributed by atoms with van der Waals surface area (Å²) >= 11 is 0. The second-order valence-electron chi connectivity index (χ2n) is 7.68. The SMILES string of the molecule is N#Cc1ccc(N2CC[C@H]3CC[C@@H](c4ccc5ccccc5c4)[C@H]32)cc1. The van der Waals surface area contributed by atoms with Crippen LogP contribution >= 0.6 is 0 Å². The average molecular weight is 338 g/mol. The Bertz CT molecular complexity index is 983. The van der Waals surface area contributed by atoms with Crippen molar-refractivity contribution >= 4 is 16.5 Å². The predicted molar refractivity (Wildman–Crippen MR) is 106 cm³/mol. The third-order valence-corrected chi connectivity index (χ3v) is 6.37. The first-order valence-electron chi connectivity index (χ1n) is 9.59. The van der Waals surface area contributed by atoms with E-state index in [4.69, 9.17) is 5.26 Å². The van der Waals surface area contributed by atoms with Gasteiger partial charge in [-0.1, -0.05) is 42.5 Å². The first-order valence-corrected chi connectivity index (χ1v) is 9.59. The number of nitriles is 1. The fourth-order valence-corrected chi connectivity index (χ4v) is 5.14. The number of hydrogen-bond donors (Lipinski definition) is 0. The van der Waals surface area contributed by atoms with Gasteiger partial charge in [0.25, 0.3) is 0 Å². The lowest BCUT2D eigenvalue weighted by Gasteiger charge is -2.32. The van der Waals surface area contributed by atoms with Crippen LogP contribution in [0.25, 0.3) is 10.8 Å². The highest BCUT2D eigenvalue weighted by Crippen LogP contribution is 2.48. The summed E-state index contributed by atoms with van der Waals surface area (Å²) in [6.07, 6.45) is 3.89. The average Bonchev–Trinajstić information content (AvgIpc) is 3.30. The van der Waals surface area contributed by atoms with E-state index in [9.17, 15) is 0 Å². The molecule has 2 heteroatoms. The van der Waals surface area contributed by atoms with E-state index in [-0.39, 0.29) is 0 Å². The summed E-state index contributed by atoms with van der Waals surface area (Å²) in [5.74, 6) is 1.39. The maximum absolute atomic E-state index is 9.06. The van der Waals surface area contributed by atoms with Gasteiger partial charge >= 0.3 is 0 Å². The number of fused-ring (bicyclic) bond motifs is 2. The van der Waals surface area contributed by atoms with E-state index in [1.54, 1.807) is 0 Å². The fraction of sp³-hybridized carbons (Fsp3) is 0.292. The Balaban J connectivity index is 1.50. The summed E-state index contributed by atoms with van der Waals surface area (Å²) in [6, 6.07) is 26.6. The van der Waals surface area contributed by atoms with Crippen LogP contribution < -0.4 is 4.90 Å². The van der Waals surface area contributed by atoms with Crippen LogP contribution in [0.3, 0.4) is 0 Å². The molecule has 1 aliphatic carbocycles. The lowest BCUT2D eigenvalue weighted by atomic mass is 9.90. The Labute approximate surface area is 154 Å². The summed E-state index contributed by atoms with van der Waals surface area (Å²) in [4.78, 5) is 2.60. The molecule has 1 saturated heterocycles. The minimum atomic E-state index is 0.587. The van der Waals surface area contributed by atoms with Crippen LogP contribution in [-0.4, -0.2) is 12.6 Å². The van der Waals surface area contributed by atoms with Gasteiger partial charge in [-0.15, -0.1) is 0 Å². The van der Waals surface area contributed by atoms with Crippen molar-refractivity contribution in [1.29, 1.82) is 5.26 Å². The van der Waals surface area contributed by atoms with Crippen molar-refractivity contribution in [2.75, 3.05) is 11.4 Å². The molecule has 0 aromatic heterocycles. The first kappa shape index (κ1) is 15.5. The Hall–Kier alpha value is -2.79. The van der Waals surface area contributed by atoms with Gasteiger partial charge < -0.3 is 4.90 Å². The Morgan fingerprint density at radius 2 is 1.65 bits per heavy atom. The number of hydrogen-bond acceptors (Lipinski definition) is 2. The second-order valence-corrected chi connectivity index (χ2v) is 7.68. The van der Waals surface area contributed by atoms with E-state index in [2.05, 4.69) is 65.6 Å². The van der Waals surface area contributed by atoms with Crippen molar-refractivity contribution in [1.82, 2.24) is 0 Å². The van der Waals surface area contributed by atoms with Gasteiger partial charge in [-0.25, -0.2) is 0 Å². The van der Waals surface area contributed by atoms with E-state index < -0.39 is 0 Å². The predicted octanol–water partition coefficient (Wildman–Crippen LogP) is 5.48. The van der Waals surface area contributed by atoms with E-state index in [1.807, 2.05) is 12.1 Å². The van der Waals surface area contributed by atoms with Crippen molar-refractivity contribution in [3.8, 4) is 6.07 Å². The molecule has 0 N–H and O–H groups in total. The van der Waals surface area contributed by atoms with Crippen LogP contribution in [-0.2, 0) is 0 Å². The van der Waals surface area contributed by atoms with Gasteiger partial charge in [0.2, 0.25) is 0 Å². The van der Waals surface area contributed by atoms with Crippen LogP contribution in [0.2, 0.25) is 0 Å². The van der Waals surface area contributed by atoms with Crippen LogP contribution in [0.5, 0.6) is 0 Å². The highest BCUT2D eigenvalue weighted by Gasteiger charge is 2.44. The molecule has 0 spiro atoms. The third kappa shape index (κ3) is 2.47. The fourth-order valence-electron chi connectivity index (χ4n) is 5.14. The van der Waals surface area contributed by atoms with Crippen LogP contribution in [0, 0.1) is 17.2 Å². The molecule has 128 valence electrons. The van der Waals surface area contributed by atoms with Crippen LogP contribution in [0.4, 0.5) is 5.69 Å². The number of rotatable bonds is 2. The Morgan fingerprint density at radius 1 is 0.846 bits per heavy atom. The molecule has 3 aromatic carbocycles. The molecule has 0 unspecified atom stereocenters. The molecule has 1 aliphatic heterocycles. The van der Waals surface area contributed by atoms with E-state index >= 15 is 0 Å². The highest BCUT2D eigenvalue weighted by atomic mass is 15.2. The van der Waals surface area contributed by atoms with Crippen LogP contribution in [0.15, 0.2) is 66.7 Å². The number of nitrogens with zero attached hydrogens (tertiary/aromatic N) is 2. The van der Waals surface area contributed by atoms with Crippen molar-refractivity contribution in [3.05, 3.63) is 77.9 Å². The molecule has 3 atom stereocenters. The van der Waals surface area contributed by atoms with Gasteiger partial charge in [0.05, 0.1) is 11.6 Å². The molecule has 1 heterocycles. The van der Waals surface area contributed by atoms with Gasteiger partial charge in [-0.3, -0.25) is 0 Å². The lowest BCUT2D eigenvalue weighted by molar-refractivity contribution is 0.518. The quantitative estimate of drug-likeness (QED) is 0.618. The number of anilines is 1. The standard InChI is InChI=1S/C24H22N2/c25-16-17-5-10-22(11-6-17)26-14-13-19-9-12-23(24(19)26)21-8-7-18-3-1-2-4-20(18)15-21/h1-8,10-11,15,19,23-24H,9,12-14H2/t19-,23+,24+/m1/s1. The Kier molecular flexibility index (Phi) is 3.68. The molecular formula is C24H22N2. The smallest absolute Gasteiger partial charge is 0.0991 e. The maximum atomic E-state index is 9.06. The molecule has 3 aromatic rings. The van der Waals surface area contributed by atoms with Crippen molar-refractivity contribution in [2.24, 2.45) is 5.92 Å². The minimum Gasteiger partial charge on any atom is -0.368 e. The first-order chi connectivity index (χ1) is 12.8. The Morgan fingerprint density at radius 3 is 2.46 bits per heavy atom. The zero-order chi connectivity index (χ0) is 17.5. The normalized spacial score (nSPS) is 24.6. The molecule has 26 heavy (non-hydrogen) atoms. The van der Waals surface area contributed by atoms with Gasteiger partial charge in [0.15, 0.2) is 0 Å². The van der Waals surface area contributed by atoms with Gasteiger partial charge in [-0.2, -0.15) is 5.26 Å². The van der Waals surface area contributed by atoms with E-state index in [1.165, 1.54) is 41.3 Å². The third-order valence-electron chi connectivity index (χ3n) is 6.37. The van der Waals surface area contributed by atoms with Gasteiger partial charge in [0, 0.05) is 24.2 Å². The minimum absolute atomic E-state index is 0.587. The molecule has 2 aliphatic rings. The van der Waals surface area contributed by atoms with Crippen molar-refractivity contribution in [2.45, 2.75) is 31.2 Å². The van der Waals surface area contributed by atoms with Crippen molar-refractivity contribution in [3.63, 3.8) is 0 Å². The highest BCUT2D eigenvalue weighted by molar-refractivity contribution is 5.83. The summed E-state index contributed by atoms with van der Waals surface area (Å²) < 4.78 is 0. The second kappa shape index (κ2) is 6.18. The molecule has 1 saturated carbocycles. The van der Waals surface area contributed by atoms with Gasteiger partial charge in [-0.05, 0) is 65.8 Å². The monoisotopic (exact) mass is 338 g/mol. The zero-order valence-electron chi connectivity index (χ0n) is 14.8. The zero-order valence-corrected chi connectivity index (χ0v) is 14.8. The lowest BCUT2D eigenvalue weighted by Crippen LogP contribution is -2.34. The van der Waals surface area contributed by atoms with E-state index in [0.29, 0.717) is 12.0 Å². The van der Waals surface area contributed by atoms with Gasteiger partial charge in [0.1, 0.15) is 0 Å². The molecule has 0 amide bonds. The molecular weight excluding hydrogens is 316 g/mol. The summed E-state index contributed by atoms with van der Waals surface area (Å²) in [5.41, 5.74) is 3.49. The molecule has 2 fully saturated rings. The molecule has 2 nitrogen and oxygen atoms in total. The summed E-state index contributed by atoms with van der Waals surface area (Å²) in [5, 5.41) is 11.7. The summed E-state index contributed by atoms with van der Waals surface area (Å²) in [6.45, 7) is 1.13. The van der Waals surface area contributed by atoms with Crippen LogP contribution in [0.1, 0.15) is 36.3 Å². The molecule has 0 radical (unpaired) electrons. The number of benzene rings is 3. The topological polar surface area (TPSA) is 27.0 Å².